The Balaban J connectivity index is 1.87. The van der Waals surface area contributed by atoms with Gasteiger partial charge in [0.05, 0.1) is 18.8 Å². The molecule has 0 radical (unpaired) electrons. The molecule has 21 heavy (non-hydrogen) atoms. The zero-order valence-electron chi connectivity index (χ0n) is 12.1. The molecule has 0 atom stereocenters. The summed E-state index contributed by atoms with van der Waals surface area (Å²) < 4.78 is 8.27. The lowest BCUT2D eigenvalue weighted by Gasteiger charge is -2.05. The van der Waals surface area contributed by atoms with Crippen LogP contribution in [0.4, 0.5) is 0 Å². The van der Waals surface area contributed by atoms with Crippen molar-refractivity contribution in [3.63, 3.8) is 0 Å². The van der Waals surface area contributed by atoms with Crippen molar-refractivity contribution in [1.82, 2.24) is 9.38 Å². The number of hydrogen-bond donors (Lipinski definition) is 0. The lowest BCUT2D eigenvalue weighted by atomic mass is 10.1. The van der Waals surface area contributed by atoms with Gasteiger partial charge in [-0.25, -0.2) is 4.98 Å². The third-order valence-electron chi connectivity index (χ3n) is 3.63. The van der Waals surface area contributed by atoms with Gasteiger partial charge in [-0.05, 0) is 47.0 Å². The molecule has 0 spiro atoms. The van der Waals surface area contributed by atoms with Gasteiger partial charge in [-0.2, -0.15) is 0 Å². The predicted octanol–water partition coefficient (Wildman–Crippen LogP) is 4.20. The van der Waals surface area contributed by atoms with E-state index in [0.717, 1.165) is 34.5 Å². The Labute approximate surface area is 132 Å². The quantitative estimate of drug-likeness (QED) is 0.709. The zero-order chi connectivity index (χ0) is 14.8. The van der Waals surface area contributed by atoms with Crippen LogP contribution in [0.5, 0.6) is 5.75 Å². The fraction of sp³-hybridized carbons (Fsp3) is 0.235. The largest absolute Gasteiger partial charge is 0.495 e. The summed E-state index contributed by atoms with van der Waals surface area (Å²) in [7, 11) is 1.68. The van der Waals surface area contributed by atoms with Crippen molar-refractivity contribution in [2.75, 3.05) is 7.11 Å². The predicted molar refractivity (Wildman–Crippen MR) is 88.0 cm³/mol. The lowest BCUT2D eigenvalue weighted by molar-refractivity contribution is 0.412. The molecule has 0 aliphatic carbocycles. The average molecular weight is 345 g/mol. The highest BCUT2D eigenvalue weighted by Gasteiger charge is 2.10. The van der Waals surface area contributed by atoms with Crippen LogP contribution in [-0.4, -0.2) is 16.5 Å². The maximum Gasteiger partial charge on any atom is 0.135 e. The molecule has 0 aliphatic rings. The fourth-order valence-electron chi connectivity index (χ4n) is 2.40. The Kier molecular flexibility index (Phi) is 3.97. The highest BCUT2D eigenvalue weighted by molar-refractivity contribution is 9.10. The van der Waals surface area contributed by atoms with Gasteiger partial charge in [0.25, 0.3) is 0 Å². The SMILES string of the molecule is COc1ccc2c(Br)nc(CCc3ccc(C)cc3)n2c1. The lowest BCUT2D eigenvalue weighted by Crippen LogP contribution is -1.98. The summed E-state index contributed by atoms with van der Waals surface area (Å²) >= 11 is 3.53. The molecule has 1 aromatic carbocycles. The van der Waals surface area contributed by atoms with Crippen molar-refractivity contribution in [1.29, 1.82) is 0 Å². The topological polar surface area (TPSA) is 26.5 Å². The number of methoxy groups -OCH3 is 1. The van der Waals surface area contributed by atoms with Crippen LogP contribution in [0, 0.1) is 6.92 Å². The van der Waals surface area contributed by atoms with E-state index in [0.29, 0.717) is 0 Å². The summed E-state index contributed by atoms with van der Waals surface area (Å²) in [6.07, 6.45) is 3.85. The van der Waals surface area contributed by atoms with Crippen LogP contribution in [-0.2, 0) is 12.8 Å². The molecule has 0 saturated carbocycles. The summed E-state index contributed by atoms with van der Waals surface area (Å²) in [6, 6.07) is 12.6. The van der Waals surface area contributed by atoms with E-state index in [1.54, 1.807) is 7.11 Å². The molecular weight excluding hydrogens is 328 g/mol. The molecule has 3 nitrogen and oxygen atoms in total. The summed E-state index contributed by atoms with van der Waals surface area (Å²) in [4.78, 5) is 4.62. The number of benzene rings is 1. The molecular formula is C17H17BrN2O. The number of rotatable bonds is 4. The van der Waals surface area contributed by atoms with E-state index in [1.807, 2.05) is 18.3 Å². The number of aromatic nitrogens is 2. The Morgan fingerprint density at radius 1 is 1.10 bits per heavy atom. The minimum Gasteiger partial charge on any atom is -0.495 e. The van der Waals surface area contributed by atoms with Crippen LogP contribution < -0.4 is 4.74 Å². The van der Waals surface area contributed by atoms with Crippen LogP contribution in [0.1, 0.15) is 17.0 Å². The normalized spacial score (nSPS) is 11.0. The first kappa shape index (κ1) is 14.1. The minimum atomic E-state index is 0.837. The highest BCUT2D eigenvalue weighted by atomic mass is 79.9. The number of ether oxygens (including phenoxy) is 1. The van der Waals surface area contributed by atoms with Crippen LogP contribution >= 0.6 is 15.9 Å². The van der Waals surface area contributed by atoms with E-state index in [-0.39, 0.29) is 0 Å². The van der Waals surface area contributed by atoms with Gasteiger partial charge >= 0.3 is 0 Å². The second-order valence-electron chi connectivity index (χ2n) is 5.13. The number of aryl methyl sites for hydroxylation is 3. The van der Waals surface area contributed by atoms with Crippen molar-refractivity contribution in [2.45, 2.75) is 19.8 Å². The number of halogens is 1. The van der Waals surface area contributed by atoms with E-state index in [2.05, 4.69) is 56.5 Å². The van der Waals surface area contributed by atoms with E-state index < -0.39 is 0 Å². The molecule has 0 amide bonds. The average Bonchev–Trinajstić information content (AvgIpc) is 2.82. The number of pyridine rings is 1. The number of fused-ring (bicyclic) bond motifs is 1. The molecule has 3 rings (SSSR count). The third-order valence-corrected chi connectivity index (χ3v) is 4.22. The maximum atomic E-state index is 5.30. The van der Waals surface area contributed by atoms with Crippen molar-refractivity contribution in [2.24, 2.45) is 0 Å². The van der Waals surface area contributed by atoms with Crippen molar-refractivity contribution in [3.8, 4) is 5.75 Å². The summed E-state index contributed by atoms with van der Waals surface area (Å²) in [6.45, 7) is 2.11. The number of nitrogens with zero attached hydrogens (tertiary/aromatic N) is 2. The van der Waals surface area contributed by atoms with Crippen LogP contribution in [0.15, 0.2) is 47.2 Å². The summed E-state index contributed by atoms with van der Waals surface area (Å²) in [5.74, 6) is 1.88. The fourth-order valence-corrected chi connectivity index (χ4v) is 2.92. The van der Waals surface area contributed by atoms with Gasteiger partial charge in [-0.3, -0.25) is 4.40 Å². The van der Waals surface area contributed by atoms with E-state index in [4.69, 9.17) is 4.74 Å². The maximum absolute atomic E-state index is 5.30. The molecule has 2 aromatic heterocycles. The van der Waals surface area contributed by atoms with Gasteiger partial charge in [0.2, 0.25) is 0 Å². The number of hydrogen-bond acceptors (Lipinski definition) is 2. The molecule has 2 heterocycles. The zero-order valence-corrected chi connectivity index (χ0v) is 13.7. The van der Waals surface area contributed by atoms with Crippen LogP contribution in [0.25, 0.3) is 5.52 Å². The molecule has 0 fully saturated rings. The van der Waals surface area contributed by atoms with Gasteiger partial charge < -0.3 is 4.74 Å². The minimum absolute atomic E-state index is 0.837. The molecule has 3 aromatic rings. The van der Waals surface area contributed by atoms with Crippen LogP contribution in [0.3, 0.4) is 0 Å². The second kappa shape index (κ2) is 5.90. The van der Waals surface area contributed by atoms with Crippen molar-refractivity contribution < 1.29 is 4.74 Å². The summed E-state index contributed by atoms with van der Waals surface area (Å²) in [5.41, 5.74) is 3.68. The third kappa shape index (κ3) is 2.95. The summed E-state index contributed by atoms with van der Waals surface area (Å²) in [5, 5.41) is 0. The smallest absolute Gasteiger partial charge is 0.135 e. The number of imidazole rings is 1. The first-order valence-electron chi connectivity index (χ1n) is 6.93. The van der Waals surface area contributed by atoms with Gasteiger partial charge in [-0.1, -0.05) is 29.8 Å². The molecule has 0 aliphatic heterocycles. The Morgan fingerprint density at radius 3 is 2.57 bits per heavy atom. The second-order valence-corrected chi connectivity index (χ2v) is 5.88. The molecule has 108 valence electrons. The van der Waals surface area contributed by atoms with Crippen molar-refractivity contribution in [3.05, 3.63) is 64.1 Å². The Morgan fingerprint density at radius 2 is 1.86 bits per heavy atom. The monoisotopic (exact) mass is 344 g/mol. The van der Waals surface area contributed by atoms with Gasteiger partial charge in [0, 0.05) is 6.42 Å². The molecule has 0 unspecified atom stereocenters. The first-order chi connectivity index (χ1) is 10.2. The van der Waals surface area contributed by atoms with E-state index in [1.165, 1.54) is 11.1 Å². The highest BCUT2D eigenvalue weighted by Crippen LogP contribution is 2.23. The van der Waals surface area contributed by atoms with Gasteiger partial charge in [0.15, 0.2) is 0 Å². The van der Waals surface area contributed by atoms with E-state index in [9.17, 15) is 0 Å². The van der Waals surface area contributed by atoms with Crippen LogP contribution in [0.2, 0.25) is 0 Å². The molecule has 0 saturated heterocycles. The standard InChI is InChI=1S/C17H17BrN2O/c1-12-3-5-13(6-4-12)7-10-16-19-17(18)15-9-8-14(21-2)11-20(15)16/h3-6,8-9,11H,7,10H2,1-2H3. The molecule has 0 bridgehead atoms. The van der Waals surface area contributed by atoms with Gasteiger partial charge in [0.1, 0.15) is 16.2 Å². The molecule has 4 heteroatoms. The Bertz CT molecular complexity index is 762. The molecule has 0 N–H and O–H groups in total. The van der Waals surface area contributed by atoms with E-state index >= 15 is 0 Å². The first-order valence-corrected chi connectivity index (χ1v) is 7.72. The Hall–Kier alpha value is -1.81. The van der Waals surface area contributed by atoms with Crippen molar-refractivity contribution >= 4 is 21.4 Å². The van der Waals surface area contributed by atoms with Gasteiger partial charge in [-0.15, -0.1) is 0 Å².